The van der Waals surface area contributed by atoms with Gasteiger partial charge in [0.15, 0.2) is 35.7 Å². The van der Waals surface area contributed by atoms with Crippen LogP contribution in [-0.4, -0.2) is 24.8 Å². The Balaban J connectivity index is 1.42. The third-order valence-electron chi connectivity index (χ3n) is 6.31. The van der Waals surface area contributed by atoms with Crippen LogP contribution in [0.15, 0.2) is 60.8 Å². The van der Waals surface area contributed by atoms with Gasteiger partial charge in [0, 0.05) is 24.6 Å². The van der Waals surface area contributed by atoms with Crippen molar-refractivity contribution in [3.8, 4) is 34.3 Å². The summed E-state index contributed by atoms with van der Waals surface area (Å²) in [6, 6.07) is 15.0. The SMILES string of the molecule is COc1ccc2cc3[n+](cc2c1OC(=O)c1ccc([N+](=O)[O-])cc1)CCc1cc2c(cc1-3)OCO2. The lowest BCUT2D eigenvalue weighted by atomic mass is 9.95. The Bertz CT molecular complexity index is 1530. The molecule has 9 nitrogen and oxygen atoms in total. The van der Waals surface area contributed by atoms with Crippen LogP contribution in [0.1, 0.15) is 15.9 Å². The Kier molecular flexibility index (Phi) is 4.77. The number of aryl methyl sites for hydroxylation is 2. The van der Waals surface area contributed by atoms with E-state index in [4.69, 9.17) is 18.9 Å². The van der Waals surface area contributed by atoms with Crippen molar-refractivity contribution in [3.05, 3.63) is 82.0 Å². The normalized spacial score (nSPS) is 13.2. The van der Waals surface area contributed by atoms with E-state index in [0.29, 0.717) is 16.9 Å². The number of hydrogen-bond acceptors (Lipinski definition) is 7. The number of rotatable bonds is 4. The van der Waals surface area contributed by atoms with E-state index in [9.17, 15) is 14.9 Å². The molecule has 0 radical (unpaired) electrons. The minimum absolute atomic E-state index is 0.102. The highest BCUT2D eigenvalue weighted by atomic mass is 16.7. The molecule has 3 aromatic carbocycles. The number of nitrogens with zero attached hydrogens (tertiary/aromatic N) is 2. The maximum atomic E-state index is 12.9. The monoisotopic (exact) mass is 471 g/mol. The quantitative estimate of drug-likeness (QED) is 0.144. The van der Waals surface area contributed by atoms with Crippen LogP contribution in [0.5, 0.6) is 23.0 Å². The van der Waals surface area contributed by atoms with E-state index in [2.05, 4.69) is 10.6 Å². The van der Waals surface area contributed by atoms with Gasteiger partial charge in [0.05, 0.1) is 28.5 Å². The van der Waals surface area contributed by atoms with Crippen molar-refractivity contribution in [2.75, 3.05) is 13.9 Å². The summed E-state index contributed by atoms with van der Waals surface area (Å²) >= 11 is 0. The molecule has 0 saturated carbocycles. The van der Waals surface area contributed by atoms with Crippen molar-refractivity contribution in [3.63, 3.8) is 0 Å². The maximum absolute atomic E-state index is 12.9. The predicted molar refractivity (Wildman–Crippen MR) is 124 cm³/mol. The van der Waals surface area contributed by atoms with E-state index in [1.807, 2.05) is 24.4 Å². The molecule has 0 spiro atoms. The van der Waals surface area contributed by atoms with E-state index in [-0.39, 0.29) is 18.0 Å². The van der Waals surface area contributed by atoms with Crippen molar-refractivity contribution >= 4 is 22.4 Å². The lowest BCUT2D eigenvalue weighted by molar-refractivity contribution is -0.686. The fourth-order valence-corrected chi connectivity index (χ4v) is 4.53. The number of aromatic nitrogens is 1. The first-order valence-electron chi connectivity index (χ1n) is 11.0. The molecule has 35 heavy (non-hydrogen) atoms. The number of carbonyl (C=O) groups excluding carboxylic acids is 1. The first-order valence-corrected chi connectivity index (χ1v) is 11.0. The summed E-state index contributed by atoms with van der Waals surface area (Å²) in [6.45, 7) is 0.962. The molecular weight excluding hydrogens is 452 g/mol. The number of hydrogen-bond donors (Lipinski definition) is 0. The van der Waals surface area contributed by atoms with Gasteiger partial charge in [-0.25, -0.2) is 4.79 Å². The molecule has 0 fully saturated rings. The zero-order chi connectivity index (χ0) is 24.1. The number of nitro groups is 1. The number of fused-ring (bicyclic) bond motifs is 5. The second-order valence-electron chi connectivity index (χ2n) is 8.26. The molecule has 3 heterocycles. The molecule has 0 atom stereocenters. The largest absolute Gasteiger partial charge is 0.493 e. The highest BCUT2D eigenvalue weighted by Gasteiger charge is 2.29. The van der Waals surface area contributed by atoms with Crippen molar-refractivity contribution < 1.29 is 33.2 Å². The number of benzene rings is 3. The second-order valence-corrected chi connectivity index (χ2v) is 8.26. The van der Waals surface area contributed by atoms with Crippen molar-refractivity contribution in [2.24, 2.45) is 0 Å². The summed E-state index contributed by atoms with van der Waals surface area (Å²) in [7, 11) is 1.51. The number of non-ortho nitro benzene ring substituents is 1. The summed E-state index contributed by atoms with van der Waals surface area (Å²) in [6.07, 6.45) is 2.77. The van der Waals surface area contributed by atoms with E-state index < -0.39 is 10.9 Å². The summed E-state index contributed by atoms with van der Waals surface area (Å²) in [5, 5.41) is 12.5. The van der Waals surface area contributed by atoms with Crippen LogP contribution in [0.2, 0.25) is 0 Å². The first kappa shape index (κ1) is 20.9. The van der Waals surface area contributed by atoms with E-state index >= 15 is 0 Å². The van der Waals surface area contributed by atoms with Crippen LogP contribution in [0.25, 0.3) is 22.0 Å². The van der Waals surface area contributed by atoms with Crippen LogP contribution in [0.4, 0.5) is 5.69 Å². The lowest BCUT2D eigenvalue weighted by Gasteiger charge is -2.17. The van der Waals surface area contributed by atoms with Gasteiger partial charge in [0.1, 0.15) is 0 Å². The molecule has 1 aromatic heterocycles. The minimum atomic E-state index is -0.633. The van der Waals surface area contributed by atoms with E-state index in [1.165, 1.54) is 36.9 Å². The summed E-state index contributed by atoms with van der Waals surface area (Å²) in [5.41, 5.74) is 3.38. The summed E-state index contributed by atoms with van der Waals surface area (Å²) in [4.78, 5) is 23.3. The summed E-state index contributed by atoms with van der Waals surface area (Å²) in [5.74, 6) is 1.56. The van der Waals surface area contributed by atoms with Crippen LogP contribution < -0.4 is 23.5 Å². The zero-order valence-electron chi connectivity index (χ0n) is 18.6. The minimum Gasteiger partial charge on any atom is -0.493 e. The molecule has 2 aliphatic heterocycles. The van der Waals surface area contributed by atoms with Gasteiger partial charge in [0.2, 0.25) is 12.5 Å². The second kappa shape index (κ2) is 7.98. The molecular formula is C26H19N2O7+. The van der Waals surface area contributed by atoms with Gasteiger partial charge in [-0.05, 0) is 47.3 Å². The standard InChI is InChI=1S/C26H19N2O7/c1-32-22-7-4-16-10-21-19-12-24-23(33-14-34-24)11-17(19)8-9-27(21)13-20(16)25(22)35-26(29)15-2-5-18(6-3-15)28(30)31/h2-7,10-13H,8-9,14H2,1H3/q+1. The number of nitro benzene ring substituents is 1. The molecule has 0 unspecified atom stereocenters. The molecule has 6 rings (SSSR count). The zero-order valence-corrected chi connectivity index (χ0v) is 18.6. The molecule has 4 aromatic rings. The summed E-state index contributed by atoms with van der Waals surface area (Å²) < 4.78 is 24.5. The Labute approximate surface area is 199 Å². The third-order valence-corrected chi connectivity index (χ3v) is 6.31. The number of esters is 1. The fraction of sp³-hybridized carbons (Fsp3) is 0.154. The highest BCUT2D eigenvalue weighted by Crippen LogP contribution is 2.41. The smallest absolute Gasteiger partial charge is 0.343 e. The predicted octanol–water partition coefficient (Wildman–Crippen LogP) is 4.22. The Hall–Kier alpha value is -4.66. The molecule has 0 amide bonds. The van der Waals surface area contributed by atoms with E-state index in [1.54, 1.807) is 6.07 Å². The van der Waals surface area contributed by atoms with Crippen LogP contribution >= 0.6 is 0 Å². The van der Waals surface area contributed by atoms with Gasteiger partial charge in [-0.15, -0.1) is 0 Å². The molecule has 174 valence electrons. The van der Waals surface area contributed by atoms with Crippen LogP contribution in [0, 0.1) is 10.1 Å². The first-order chi connectivity index (χ1) is 17.0. The van der Waals surface area contributed by atoms with E-state index in [0.717, 1.165) is 41.1 Å². The molecule has 9 heteroatoms. The van der Waals surface area contributed by atoms with Crippen LogP contribution in [-0.2, 0) is 13.0 Å². The van der Waals surface area contributed by atoms with Crippen molar-refractivity contribution in [1.29, 1.82) is 0 Å². The highest BCUT2D eigenvalue weighted by molar-refractivity contribution is 5.97. The number of methoxy groups -OCH3 is 1. The van der Waals surface area contributed by atoms with Gasteiger partial charge in [-0.1, -0.05) is 0 Å². The molecule has 0 saturated heterocycles. The van der Waals surface area contributed by atoms with Crippen molar-refractivity contribution in [2.45, 2.75) is 13.0 Å². The molecule has 0 N–H and O–H groups in total. The topological polar surface area (TPSA) is 101 Å². The number of ether oxygens (including phenoxy) is 4. The molecule has 0 aliphatic carbocycles. The number of carbonyl (C=O) groups is 1. The maximum Gasteiger partial charge on any atom is 0.343 e. The lowest BCUT2D eigenvalue weighted by Crippen LogP contribution is -2.40. The van der Waals surface area contributed by atoms with Crippen LogP contribution in [0.3, 0.4) is 0 Å². The van der Waals surface area contributed by atoms with Gasteiger partial charge in [-0.2, -0.15) is 4.57 Å². The van der Waals surface area contributed by atoms with Gasteiger partial charge < -0.3 is 18.9 Å². The number of pyridine rings is 1. The molecule has 0 bridgehead atoms. The Morgan fingerprint density at radius 1 is 1.06 bits per heavy atom. The van der Waals surface area contributed by atoms with Gasteiger partial charge in [0.25, 0.3) is 5.69 Å². The van der Waals surface area contributed by atoms with Crippen molar-refractivity contribution in [1.82, 2.24) is 0 Å². The third kappa shape index (κ3) is 3.48. The van der Waals surface area contributed by atoms with Gasteiger partial charge in [-0.3, -0.25) is 10.1 Å². The Morgan fingerprint density at radius 2 is 1.83 bits per heavy atom. The Morgan fingerprint density at radius 3 is 2.57 bits per heavy atom. The average molecular weight is 471 g/mol. The fourth-order valence-electron chi connectivity index (χ4n) is 4.53. The molecule has 2 aliphatic rings. The average Bonchev–Trinajstić information content (AvgIpc) is 3.34. The van der Waals surface area contributed by atoms with Gasteiger partial charge >= 0.3 is 5.97 Å².